The standard InChI is InChI=1S/C20H26N4O4S/c1-12(2)16-17(25)15(19(26)24(22-16)11-10-20(3,4)5)18-21-13-8-6-7-9-14(13)29(27,28)23-18/h6-9,12,25H,10-11H2,1-5H3,(H,21,23). The molecule has 156 valence electrons. The van der Waals surface area contributed by atoms with E-state index in [0.717, 1.165) is 0 Å². The van der Waals surface area contributed by atoms with E-state index in [1.165, 1.54) is 10.7 Å². The molecule has 0 saturated heterocycles. The number of aliphatic imine (C=N–C) groups is 1. The van der Waals surface area contributed by atoms with Crippen LogP contribution in [-0.4, -0.2) is 29.1 Å². The number of hydrogen-bond donors (Lipinski definition) is 2. The Hall–Kier alpha value is -2.68. The maximum Gasteiger partial charge on any atom is 0.281 e. The number of para-hydroxylation sites is 1. The fourth-order valence-corrected chi connectivity index (χ4v) is 4.14. The molecule has 0 spiro atoms. The Morgan fingerprint density at radius 1 is 1.21 bits per heavy atom. The maximum atomic E-state index is 13.1. The summed E-state index contributed by atoms with van der Waals surface area (Å²) in [5, 5.41) is 15.1. The van der Waals surface area contributed by atoms with Crippen molar-refractivity contribution in [3.05, 3.63) is 45.9 Å². The van der Waals surface area contributed by atoms with Crippen LogP contribution >= 0.6 is 0 Å². The number of benzene rings is 1. The third kappa shape index (κ3) is 4.19. The van der Waals surface area contributed by atoms with Crippen molar-refractivity contribution in [3.63, 3.8) is 0 Å². The van der Waals surface area contributed by atoms with Crippen molar-refractivity contribution < 1.29 is 13.5 Å². The minimum Gasteiger partial charge on any atom is -0.505 e. The molecule has 0 aliphatic carbocycles. The minimum atomic E-state index is -3.91. The first-order valence-electron chi connectivity index (χ1n) is 9.45. The molecule has 2 N–H and O–H groups in total. The van der Waals surface area contributed by atoms with Gasteiger partial charge in [-0.3, -0.25) is 9.52 Å². The van der Waals surface area contributed by atoms with Crippen LogP contribution in [0, 0.1) is 5.41 Å². The quantitative estimate of drug-likeness (QED) is 0.792. The molecule has 8 nitrogen and oxygen atoms in total. The number of fused-ring (bicyclic) bond motifs is 1. The van der Waals surface area contributed by atoms with Crippen molar-refractivity contribution >= 4 is 21.5 Å². The predicted molar refractivity (Wildman–Crippen MR) is 111 cm³/mol. The summed E-state index contributed by atoms with van der Waals surface area (Å²) in [6.07, 6.45) is 0.683. The number of amidine groups is 1. The highest BCUT2D eigenvalue weighted by Crippen LogP contribution is 2.31. The van der Waals surface area contributed by atoms with Gasteiger partial charge in [-0.05, 0) is 24.0 Å². The van der Waals surface area contributed by atoms with E-state index in [1.807, 2.05) is 13.8 Å². The van der Waals surface area contributed by atoms with E-state index in [2.05, 4.69) is 35.6 Å². The first-order valence-corrected chi connectivity index (χ1v) is 10.9. The van der Waals surface area contributed by atoms with Crippen LogP contribution in [-0.2, 0) is 16.6 Å². The molecule has 0 fully saturated rings. The number of nitrogens with one attached hydrogen (secondary N) is 1. The van der Waals surface area contributed by atoms with Gasteiger partial charge >= 0.3 is 0 Å². The van der Waals surface area contributed by atoms with Gasteiger partial charge < -0.3 is 5.11 Å². The van der Waals surface area contributed by atoms with Crippen LogP contribution in [0.3, 0.4) is 0 Å². The van der Waals surface area contributed by atoms with Gasteiger partial charge in [0.1, 0.15) is 16.2 Å². The average Bonchev–Trinajstić information content (AvgIpc) is 2.59. The molecule has 2 aromatic rings. The molecule has 9 heteroatoms. The number of aryl methyl sites for hydroxylation is 1. The van der Waals surface area contributed by atoms with Crippen molar-refractivity contribution in [3.8, 4) is 5.75 Å². The molecule has 0 bridgehead atoms. The lowest BCUT2D eigenvalue weighted by Gasteiger charge is -2.22. The van der Waals surface area contributed by atoms with Crippen LogP contribution in [0.5, 0.6) is 5.75 Å². The Bertz CT molecular complexity index is 1140. The summed E-state index contributed by atoms with van der Waals surface area (Å²) in [5.74, 6) is -0.721. The SMILES string of the molecule is CC(C)c1nn(CCC(C)(C)C)c(=O)c(C2=Nc3ccccc3S(=O)(=O)N2)c1O. The number of rotatable bonds is 4. The lowest BCUT2D eigenvalue weighted by molar-refractivity contribution is 0.332. The van der Waals surface area contributed by atoms with Gasteiger partial charge in [0.25, 0.3) is 15.6 Å². The molecule has 1 aliphatic heterocycles. The Labute approximate surface area is 170 Å². The summed E-state index contributed by atoms with van der Waals surface area (Å²) < 4.78 is 28.9. The Balaban J connectivity index is 2.23. The lowest BCUT2D eigenvalue weighted by atomic mass is 9.92. The highest BCUT2D eigenvalue weighted by Gasteiger charge is 2.31. The zero-order valence-corrected chi connectivity index (χ0v) is 18.0. The summed E-state index contributed by atoms with van der Waals surface area (Å²) in [6.45, 7) is 10.2. The summed E-state index contributed by atoms with van der Waals surface area (Å²) in [4.78, 5) is 17.5. The van der Waals surface area contributed by atoms with E-state index in [4.69, 9.17) is 0 Å². The molecular weight excluding hydrogens is 392 g/mol. The van der Waals surface area contributed by atoms with Crippen LogP contribution in [0.15, 0.2) is 38.9 Å². The second-order valence-electron chi connectivity index (χ2n) is 8.64. The Morgan fingerprint density at radius 3 is 2.48 bits per heavy atom. The number of aromatic hydroxyl groups is 1. The van der Waals surface area contributed by atoms with Crippen LogP contribution in [0.2, 0.25) is 0 Å². The van der Waals surface area contributed by atoms with Gasteiger partial charge in [-0.1, -0.05) is 46.8 Å². The summed E-state index contributed by atoms with van der Waals surface area (Å²) in [5.41, 5.74) is -0.272. The Morgan fingerprint density at radius 2 is 1.86 bits per heavy atom. The molecule has 1 aromatic carbocycles. The third-order valence-corrected chi connectivity index (χ3v) is 6.02. The second kappa shape index (κ2) is 7.29. The molecule has 0 unspecified atom stereocenters. The van der Waals surface area contributed by atoms with Gasteiger partial charge in [0.2, 0.25) is 0 Å². The van der Waals surface area contributed by atoms with Gasteiger partial charge in [0.15, 0.2) is 11.6 Å². The van der Waals surface area contributed by atoms with E-state index in [9.17, 15) is 18.3 Å². The molecule has 2 heterocycles. The highest BCUT2D eigenvalue weighted by molar-refractivity contribution is 7.90. The van der Waals surface area contributed by atoms with Crippen molar-refractivity contribution in [2.24, 2.45) is 10.4 Å². The van der Waals surface area contributed by atoms with Crippen LogP contribution in [0.4, 0.5) is 5.69 Å². The smallest absolute Gasteiger partial charge is 0.281 e. The van der Waals surface area contributed by atoms with Crippen molar-refractivity contribution in [2.45, 2.75) is 58.4 Å². The highest BCUT2D eigenvalue weighted by atomic mass is 32.2. The van der Waals surface area contributed by atoms with Crippen LogP contribution in [0.25, 0.3) is 0 Å². The zero-order chi connectivity index (χ0) is 21.6. The van der Waals surface area contributed by atoms with Gasteiger partial charge in [-0.25, -0.2) is 18.1 Å². The molecule has 1 aliphatic rings. The normalized spacial score (nSPS) is 15.6. The van der Waals surface area contributed by atoms with E-state index in [1.54, 1.807) is 18.2 Å². The lowest BCUT2D eigenvalue weighted by Crippen LogP contribution is -2.40. The van der Waals surface area contributed by atoms with Gasteiger partial charge in [-0.15, -0.1) is 0 Å². The molecule has 0 atom stereocenters. The first-order chi connectivity index (χ1) is 13.4. The molecule has 1 aromatic heterocycles. The van der Waals surface area contributed by atoms with Gasteiger partial charge in [-0.2, -0.15) is 5.10 Å². The van der Waals surface area contributed by atoms with E-state index < -0.39 is 15.6 Å². The summed E-state index contributed by atoms with van der Waals surface area (Å²) in [6, 6.07) is 6.24. The fraction of sp³-hybridized carbons (Fsp3) is 0.450. The third-order valence-electron chi connectivity index (χ3n) is 4.63. The van der Waals surface area contributed by atoms with Crippen LogP contribution in [0.1, 0.15) is 58.2 Å². The Kier molecular flexibility index (Phi) is 5.29. The predicted octanol–water partition coefficient (Wildman–Crippen LogP) is 2.88. The molecule has 3 rings (SSSR count). The van der Waals surface area contributed by atoms with Crippen LogP contribution < -0.4 is 10.3 Å². The number of sulfonamides is 1. The van der Waals surface area contributed by atoms with Gasteiger partial charge in [0.05, 0.1) is 5.69 Å². The molecule has 0 radical (unpaired) electrons. The van der Waals surface area contributed by atoms with E-state index in [-0.39, 0.29) is 39.1 Å². The number of aromatic nitrogens is 2. The largest absolute Gasteiger partial charge is 0.505 e. The first kappa shape index (κ1) is 21.0. The van der Waals surface area contributed by atoms with Crippen molar-refractivity contribution in [1.82, 2.24) is 14.5 Å². The fourth-order valence-electron chi connectivity index (χ4n) is 2.99. The monoisotopic (exact) mass is 418 g/mol. The zero-order valence-electron chi connectivity index (χ0n) is 17.2. The van der Waals surface area contributed by atoms with E-state index >= 15 is 0 Å². The molecule has 29 heavy (non-hydrogen) atoms. The number of hydrogen-bond acceptors (Lipinski definition) is 6. The average molecular weight is 419 g/mol. The van der Waals surface area contributed by atoms with Gasteiger partial charge in [0, 0.05) is 12.5 Å². The minimum absolute atomic E-state index is 0.0226. The molecular formula is C20H26N4O4S. The molecule has 0 saturated carbocycles. The maximum absolute atomic E-state index is 13.1. The summed E-state index contributed by atoms with van der Waals surface area (Å²) in [7, 11) is -3.91. The van der Waals surface area contributed by atoms with Crippen molar-refractivity contribution in [1.29, 1.82) is 0 Å². The summed E-state index contributed by atoms with van der Waals surface area (Å²) >= 11 is 0. The molecule has 0 amide bonds. The van der Waals surface area contributed by atoms with Crippen molar-refractivity contribution in [2.75, 3.05) is 0 Å². The topological polar surface area (TPSA) is 114 Å². The number of nitrogens with zero attached hydrogens (tertiary/aromatic N) is 3. The van der Waals surface area contributed by atoms with E-state index in [0.29, 0.717) is 18.7 Å². The second-order valence-corrected chi connectivity index (χ2v) is 10.3.